The summed E-state index contributed by atoms with van der Waals surface area (Å²) >= 11 is 5.99. The quantitative estimate of drug-likeness (QED) is 0.727. The van der Waals surface area contributed by atoms with Gasteiger partial charge in [0.1, 0.15) is 16.5 Å². The van der Waals surface area contributed by atoms with Crippen LogP contribution in [0.2, 0.25) is 5.15 Å². The van der Waals surface area contributed by atoms with E-state index in [2.05, 4.69) is 19.9 Å². The van der Waals surface area contributed by atoms with Crippen molar-refractivity contribution >= 4 is 34.5 Å². The number of nitrogen functional groups attached to an aromatic ring is 1. The Hall–Kier alpha value is -2.34. The fourth-order valence-corrected chi connectivity index (χ4v) is 3.22. The van der Waals surface area contributed by atoms with Gasteiger partial charge in [0.15, 0.2) is 11.5 Å². The summed E-state index contributed by atoms with van der Waals surface area (Å²) in [5.74, 6) is 1.95. The van der Waals surface area contributed by atoms with Crippen LogP contribution in [0.15, 0.2) is 34.7 Å². The summed E-state index contributed by atoms with van der Waals surface area (Å²) in [4.78, 5) is 15.0. The van der Waals surface area contributed by atoms with Crippen molar-refractivity contribution in [1.82, 2.24) is 15.0 Å². The lowest BCUT2D eigenvalue weighted by Gasteiger charge is -2.32. The highest BCUT2D eigenvalue weighted by atomic mass is 35.5. The summed E-state index contributed by atoms with van der Waals surface area (Å²) in [6, 6.07) is 9.57. The van der Waals surface area contributed by atoms with Crippen molar-refractivity contribution in [1.29, 1.82) is 0 Å². The average molecular weight is 330 g/mol. The number of nitrogens with zero attached hydrogens (tertiary/aromatic N) is 4. The predicted molar refractivity (Wildman–Crippen MR) is 89.7 cm³/mol. The van der Waals surface area contributed by atoms with Crippen molar-refractivity contribution in [3.05, 3.63) is 41.4 Å². The molecule has 0 spiro atoms. The van der Waals surface area contributed by atoms with E-state index in [4.69, 9.17) is 21.8 Å². The number of benzene rings is 1. The molecule has 1 saturated heterocycles. The van der Waals surface area contributed by atoms with Crippen LogP contribution in [0.25, 0.3) is 11.1 Å². The maximum absolute atomic E-state index is 5.99. The molecule has 23 heavy (non-hydrogen) atoms. The second kappa shape index (κ2) is 5.70. The fourth-order valence-electron chi connectivity index (χ4n) is 3.04. The van der Waals surface area contributed by atoms with E-state index in [0.29, 0.717) is 5.15 Å². The molecular formula is C16H16ClN5O. The van der Waals surface area contributed by atoms with E-state index in [9.17, 15) is 0 Å². The molecule has 1 aromatic carbocycles. The summed E-state index contributed by atoms with van der Waals surface area (Å²) in [5, 5.41) is 0.358. The number of nitrogens with two attached hydrogens (primary N) is 1. The highest BCUT2D eigenvalue weighted by Gasteiger charge is 2.26. The van der Waals surface area contributed by atoms with Gasteiger partial charge in [-0.15, -0.1) is 0 Å². The number of rotatable bonds is 2. The topological polar surface area (TPSA) is 81.1 Å². The van der Waals surface area contributed by atoms with Gasteiger partial charge in [0.2, 0.25) is 5.95 Å². The third-order valence-corrected chi connectivity index (χ3v) is 4.30. The molecule has 2 aromatic heterocycles. The summed E-state index contributed by atoms with van der Waals surface area (Å²) < 4.78 is 5.92. The van der Waals surface area contributed by atoms with E-state index < -0.39 is 0 Å². The number of hydrogen-bond donors (Lipinski definition) is 1. The van der Waals surface area contributed by atoms with E-state index in [-0.39, 0.29) is 11.9 Å². The molecule has 0 unspecified atom stereocenters. The number of aromatic nitrogens is 3. The van der Waals surface area contributed by atoms with Crippen LogP contribution in [0.5, 0.6) is 0 Å². The van der Waals surface area contributed by atoms with E-state index in [0.717, 1.165) is 48.7 Å². The van der Waals surface area contributed by atoms with Gasteiger partial charge in [0.05, 0.1) is 5.92 Å². The summed E-state index contributed by atoms with van der Waals surface area (Å²) in [5.41, 5.74) is 7.42. The van der Waals surface area contributed by atoms with Crippen LogP contribution < -0.4 is 10.6 Å². The second-order valence-electron chi connectivity index (χ2n) is 5.71. The molecular weight excluding hydrogens is 314 g/mol. The molecule has 1 aliphatic rings. The Balaban J connectivity index is 1.61. The lowest BCUT2D eigenvalue weighted by molar-refractivity contribution is 0.412. The molecule has 6 nitrogen and oxygen atoms in total. The summed E-state index contributed by atoms with van der Waals surface area (Å²) in [7, 11) is 0. The molecule has 1 aliphatic heterocycles. The van der Waals surface area contributed by atoms with Gasteiger partial charge in [-0.2, -0.15) is 4.98 Å². The predicted octanol–water partition coefficient (Wildman–Crippen LogP) is 3.24. The lowest BCUT2D eigenvalue weighted by atomic mass is 9.98. The molecule has 4 rings (SSSR count). The van der Waals surface area contributed by atoms with Crippen LogP contribution in [0, 0.1) is 0 Å². The van der Waals surface area contributed by atoms with Crippen LogP contribution in [-0.2, 0) is 0 Å². The normalized spacial score (nSPS) is 18.5. The van der Waals surface area contributed by atoms with Crippen molar-refractivity contribution in [2.45, 2.75) is 18.8 Å². The zero-order valence-electron chi connectivity index (χ0n) is 12.4. The van der Waals surface area contributed by atoms with Crippen LogP contribution in [0.4, 0.5) is 11.8 Å². The third kappa shape index (κ3) is 2.82. The molecule has 0 aliphatic carbocycles. The number of piperidine rings is 1. The largest absolute Gasteiger partial charge is 0.440 e. The van der Waals surface area contributed by atoms with Gasteiger partial charge >= 0.3 is 0 Å². The van der Waals surface area contributed by atoms with Gasteiger partial charge in [-0.05, 0) is 25.0 Å². The van der Waals surface area contributed by atoms with Crippen LogP contribution in [0.1, 0.15) is 24.7 Å². The van der Waals surface area contributed by atoms with E-state index in [1.165, 1.54) is 0 Å². The molecule has 0 amide bonds. The Kier molecular flexibility index (Phi) is 3.53. The first kappa shape index (κ1) is 14.3. The Labute approximate surface area is 138 Å². The first-order valence-electron chi connectivity index (χ1n) is 7.59. The highest BCUT2D eigenvalue weighted by molar-refractivity contribution is 6.29. The minimum absolute atomic E-state index is 0.191. The summed E-state index contributed by atoms with van der Waals surface area (Å²) in [6.07, 6.45) is 2.07. The zero-order chi connectivity index (χ0) is 15.8. The number of oxazole rings is 1. The standard InChI is InChI=1S/C16H16ClN5O/c17-13-8-14(21-16(18)20-13)22-7-3-4-10(9-22)15-19-11-5-1-2-6-12(11)23-15/h1-2,5-6,8,10H,3-4,7,9H2,(H2,18,20,21)/t10-/m0/s1. The molecule has 0 saturated carbocycles. The SMILES string of the molecule is Nc1nc(Cl)cc(N2CCC[C@H](c3nc4ccccc4o3)C2)n1. The Morgan fingerprint density at radius 2 is 2.09 bits per heavy atom. The minimum Gasteiger partial charge on any atom is -0.440 e. The highest BCUT2D eigenvalue weighted by Crippen LogP contribution is 2.31. The van der Waals surface area contributed by atoms with Crippen molar-refractivity contribution in [3.8, 4) is 0 Å². The van der Waals surface area contributed by atoms with E-state index in [1.54, 1.807) is 6.07 Å². The van der Waals surface area contributed by atoms with Crippen molar-refractivity contribution < 1.29 is 4.42 Å². The average Bonchev–Trinajstić information content (AvgIpc) is 2.98. The summed E-state index contributed by atoms with van der Waals surface area (Å²) in [6.45, 7) is 1.68. The molecule has 3 aromatic rings. The van der Waals surface area contributed by atoms with Crippen molar-refractivity contribution in [2.24, 2.45) is 0 Å². The molecule has 7 heteroatoms. The number of anilines is 2. The number of hydrogen-bond acceptors (Lipinski definition) is 6. The molecule has 1 atom stereocenters. The van der Waals surface area contributed by atoms with Gasteiger partial charge in [0.25, 0.3) is 0 Å². The van der Waals surface area contributed by atoms with Crippen LogP contribution in [-0.4, -0.2) is 28.0 Å². The molecule has 1 fully saturated rings. The molecule has 0 bridgehead atoms. The third-order valence-electron chi connectivity index (χ3n) is 4.10. The van der Waals surface area contributed by atoms with Crippen molar-refractivity contribution in [3.63, 3.8) is 0 Å². The van der Waals surface area contributed by atoms with E-state index in [1.807, 2.05) is 24.3 Å². The van der Waals surface area contributed by atoms with Crippen LogP contribution >= 0.6 is 11.6 Å². The zero-order valence-corrected chi connectivity index (χ0v) is 13.2. The van der Waals surface area contributed by atoms with Gasteiger partial charge < -0.3 is 15.1 Å². The van der Waals surface area contributed by atoms with Gasteiger partial charge in [-0.3, -0.25) is 0 Å². The maximum atomic E-state index is 5.99. The first-order chi connectivity index (χ1) is 11.2. The number of para-hydroxylation sites is 2. The fraction of sp³-hybridized carbons (Fsp3) is 0.312. The van der Waals surface area contributed by atoms with E-state index >= 15 is 0 Å². The minimum atomic E-state index is 0.191. The Morgan fingerprint density at radius 1 is 1.22 bits per heavy atom. The molecule has 2 N–H and O–H groups in total. The second-order valence-corrected chi connectivity index (χ2v) is 6.10. The molecule has 0 radical (unpaired) electrons. The number of fused-ring (bicyclic) bond motifs is 1. The van der Waals surface area contributed by atoms with Gasteiger partial charge in [0, 0.05) is 19.2 Å². The Bertz CT molecular complexity index is 796. The lowest BCUT2D eigenvalue weighted by Crippen LogP contribution is -2.35. The first-order valence-corrected chi connectivity index (χ1v) is 7.97. The van der Waals surface area contributed by atoms with Gasteiger partial charge in [-0.1, -0.05) is 23.7 Å². The van der Waals surface area contributed by atoms with Crippen molar-refractivity contribution in [2.75, 3.05) is 23.7 Å². The molecule has 3 heterocycles. The smallest absolute Gasteiger partial charge is 0.223 e. The van der Waals surface area contributed by atoms with Gasteiger partial charge in [-0.25, -0.2) is 9.97 Å². The molecule has 118 valence electrons. The van der Waals surface area contributed by atoms with Crippen LogP contribution in [0.3, 0.4) is 0 Å². The monoisotopic (exact) mass is 329 g/mol. The Morgan fingerprint density at radius 3 is 2.91 bits per heavy atom. The number of halogens is 1. The maximum Gasteiger partial charge on any atom is 0.223 e.